The van der Waals surface area contributed by atoms with Crippen LogP contribution in [0.15, 0.2) is 212 Å². The number of fused-ring (bicyclic) bond motifs is 5. The van der Waals surface area contributed by atoms with E-state index in [2.05, 4.69) is 222 Å². The highest BCUT2D eigenvalue weighted by Gasteiger charge is 2.77. The number of nitrogens with zero attached hydrogens (tertiary/aromatic N) is 2. The predicted octanol–water partition coefficient (Wildman–Crippen LogP) is 16.5. The zero-order valence-electron chi connectivity index (χ0n) is 35.9. The van der Waals surface area contributed by atoms with E-state index in [-0.39, 0.29) is 0 Å². The molecule has 4 fully saturated rings. The van der Waals surface area contributed by atoms with Gasteiger partial charge in [0.25, 0.3) is 0 Å². The second-order valence-corrected chi connectivity index (χ2v) is 19.5. The van der Waals surface area contributed by atoms with Crippen molar-refractivity contribution >= 4 is 49.6 Å². The predicted molar refractivity (Wildman–Crippen MR) is 267 cm³/mol. The quantitative estimate of drug-likeness (QED) is 0.148. The lowest BCUT2D eigenvalue weighted by Gasteiger charge is -2.66. The molecule has 0 radical (unpaired) electrons. The van der Waals surface area contributed by atoms with Crippen LogP contribution in [0.25, 0.3) is 71.6 Å². The van der Waals surface area contributed by atoms with Gasteiger partial charge in [0, 0.05) is 33.4 Å². The van der Waals surface area contributed by atoms with Crippen molar-refractivity contribution in [1.82, 2.24) is 4.57 Å². The summed E-state index contributed by atoms with van der Waals surface area (Å²) in [5.74, 6) is 3.02. The smallest absolute Gasteiger partial charge is 0.0541 e. The highest BCUT2D eigenvalue weighted by atomic mass is 15.1. The number of hydrogen-bond acceptors (Lipinski definition) is 1. The molecular formula is C62H48N2. The topological polar surface area (TPSA) is 8.17 Å². The molecule has 1 aromatic heterocycles. The molecule has 10 aromatic rings. The Bertz CT molecular complexity index is 3380. The average Bonchev–Trinajstić information content (AvgIpc) is 3.98. The minimum atomic E-state index is 0.405. The van der Waals surface area contributed by atoms with Gasteiger partial charge in [-0.3, -0.25) is 0 Å². The van der Waals surface area contributed by atoms with Crippen molar-refractivity contribution in [3.05, 3.63) is 218 Å². The van der Waals surface area contributed by atoms with Crippen LogP contribution < -0.4 is 4.90 Å². The lowest BCUT2D eigenvalue weighted by Crippen LogP contribution is -2.59. The zero-order valence-corrected chi connectivity index (χ0v) is 35.9. The van der Waals surface area contributed by atoms with Crippen LogP contribution in [-0.4, -0.2) is 4.57 Å². The van der Waals surface area contributed by atoms with Crippen LogP contribution in [0.3, 0.4) is 0 Å². The van der Waals surface area contributed by atoms with Gasteiger partial charge in [-0.15, -0.1) is 0 Å². The first kappa shape index (κ1) is 36.3. The maximum Gasteiger partial charge on any atom is 0.0541 e. The van der Waals surface area contributed by atoms with E-state index in [1.807, 2.05) is 0 Å². The first-order valence-electron chi connectivity index (χ1n) is 23.4. The van der Waals surface area contributed by atoms with Crippen LogP contribution in [-0.2, 0) is 5.41 Å². The molecule has 0 N–H and O–H groups in total. The van der Waals surface area contributed by atoms with Gasteiger partial charge in [0.1, 0.15) is 0 Å². The third kappa shape index (κ3) is 5.26. The normalized spacial score (nSPS) is 22.7. The molecule has 2 atom stereocenters. The zero-order chi connectivity index (χ0) is 42.0. The van der Waals surface area contributed by atoms with Gasteiger partial charge in [-0.2, -0.15) is 0 Å². The first-order valence-corrected chi connectivity index (χ1v) is 23.4. The maximum absolute atomic E-state index is 2.55. The number of rotatable bonds is 8. The van der Waals surface area contributed by atoms with E-state index >= 15 is 0 Å². The third-order valence-electron chi connectivity index (χ3n) is 16.6. The Hall–Kier alpha value is -7.16. The van der Waals surface area contributed by atoms with E-state index in [0.29, 0.717) is 5.41 Å². The molecule has 4 aliphatic rings. The maximum atomic E-state index is 2.55. The Kier molecular flexibility index (Phi) is 7.76. The number of anilines is 3. The van der Waals surface area contributed by atoms with Crippen molar-refractivity contribution < 1.29 is 0 Å². The molecule has 4 saturated carbocycles. The Labute approximate surface area is 375 Å². The molecular weight excluding hydrogens is 773 g/mol. The Morgan fingerprint density at radius 3 is 1.56 bits per heavy atom. The van der Waals surface area contributed by atoms with Gasteiger partial charge in [-0.25, -0.2) is 0 Å². The highest BCUT2D eigenvalue weighted by Crippen LogP contribution is 2.84. The third-order valence-corrected chi connectivity index (χ3v) is 16.6. The lowest BCUT2D eigenvalue weighted by molar-refractivity contribution is -0.175. The molecule has 2 heteroatoms. The molecule has 0 aliphatic heterocycles. The van der Waals surface area contributed by atoms with E-state index in [4.69, 9.17) is 0 Å². The van der Waals surface area contributed by atoms with E-state index in [9.17, 15) is 0 Å². The van der Waals surface area contributed by atoms with Crippen LogP contribution >= 0.6 is 0 Å². The van der Waals surface area contributed by atoms with Gasteiger partial charge in [0.05, 0.1) is 16.7 Å². The number of hydrogen-bond donors (Lipinski definition) is 0. The van der Waals surface area contributed by atoms with Gasteiger partial charge in [-0.05, 0) is 166 Å². The molecule has 1 heterocycles. The van der Waals surface area contributed by atoms with Crippen molar-refractivity contribution in [3.8, 4) is 39.1 Å². The summed E-state index contributed by atoms with van der Waals surface area (Å²) in [6, 6.07) is 79.0. The second kappa shape index (κ2) is 13.7. The molecule has 0 amide bonds. The molecule has 306 valence electrons. The minimum absolute atomic E-state index is 0.405. The van der Waals surface area contributed by atoms with Crippen LogP contribution in [0, 0.1) is 23.2 Å². The standard InChI is InChI=1S/C62H48N2/c1-2-11-45-34-47(21-20-41(45)10-1)43-24-30-53(31-25-43)63(52-28-22-42(23-29-52)46-12-9-13-48(35-46)61-38-50-36-49-37-51(39-61)62(49,50)40-61)54-32-26-44(27-33-54)55-14-3-6-17-58(55)64-59-18-7-4-15-56(59)57-16-5-8-19-60(57)64/h1-35,49-51H,36-40H2/t49?,50-,51-,61?,62?/m0/s1. The van der Waals surface area contributed by atoms with Gasteiger partial charge >= 0.3 is 0 Å². The summed E-state index contributed by atoms with van der Waals surface area (Å²) in [6.07, 6.45) is 7.28. The fourth-order valence-corrected chi connectivity index (χ4v) is 13.7. The Morgan fingerprint density at radius 1 is 0.406 bits per heavy atom. The molecule has 64 heavy (non-hydrogen) atoms. The number of para-hydroxylation sites is 3. The summed E-state index contributed by atoms with van der Waals surface area (Å²) in [6.45, 7) is 0. The fourth-order valence-electron chi connectivity index (χ4n) is 13.7. The molecule has 14 rings (SSSR count). The molecule has 1 spiro atoms. The van der Waals surface area contributed by atoms with Crippen LogP contribution in [0.4, 0.5) is 17.1 Å². The Morgan fingerprint density at radius 2 is 0.938 bits per heavy atom. The number of benzene rings is 9. The fraction of sp³-hybridized carbons (Fsp3) is 0.161. The van der Waals surface area contributed by atoms with Gasteiger partial charge in [0.2, 0.25) is 0 Å². The van der Waals surface area contributed by atoms with E-state index in [1.54, 1.807) is 5.56 Å². The Balaban J connectivity index is 0.832. The van der Waals surface area contributed by atoms with E-state index < -0.39 is 0 Å². The molecule has 9 aromatic carbocycles. The van der Waals surface area contributed by atoms with Gasteiger partial charge in [-0.1, -0.05) is 152 Å². The first-order chi connectivity index (χ1) is 31.6. The second-order valence-electron chi connectivity index (χ2n) is 19.5. The largest absolute Gasteiger partial charge is 0.311 e. The average molecular weight is 821 g/mol. The SMILES string of the molecule is c1cc(-c2ccc(N(c3ccc(-c4ccc5ccccc5c4)cc3)c3ccc(-c4ccccc4-n4c5ccccc5c5ccccc54)cc3)cc2)cc(C23C[C@@H]4CC5C[C@@H](C2)C54C3)c1. The summed E-state index contributed by atoms with van der Waals surface area (Å²) in [7, 11) is 0. The molecule has 2 bridgehead atoms. The highest BCUT2D eigenvalue weighted by molar-refractivity contribution is 6.09. The van der Waals surface area contributed by atoms with Crippen LogP contribution in [0.1, 0.15) is 37.7 Å². The van der Waals surface area contributed by atoms with Crippen molar-refractivity contribution in [2.24, 2.45) is 23.2 Å². The van der Waals surface area contributed by atoms with Crippen LogP contribution in [0.5, 0.6) is 0 Å². The van der Waals surface area contributed by atoms with E-state index in [0.717, 1.165) is 40.2 Å². The van der Waals surface area contributed by atoms with Crippen molar-refractivity contribution in [1.29, 1.82) is 0 Å². The molecule has 0 unspecified atom stereocenters. The molecule has 2 nitrogen and oxygen atoms in total. The summed E-state index contributed by atoms with van der Waals surface area (Å²) < 4.78 is 2.43. The van der Waals surface area contributed by atoms with Crippen molar-refractivity contribution in [2.75, 3.05) is 4.90 Å². The van der Waals surface area contributed by atoms with E-state index in [1.165, 1.54) is 104 Å². The molecule has 4 aliphatic carbocycles. The summed E-state index contributed by atoms with van der Waals surface area (Å²) >= 11 is 0. The summed E-state index contributed by atoms with van der Waals surface area (Å²) in [4.78, 5) is 2.41. The van der Waals surface area contributed by atoms with Gasteiger partial charge in [0.15, 0.2) is 0 Å². The van der Waals surface area contributed by atoms with Crippen LogP contribution in [0.2, 0.25) is 0 Å². The molecule has 0 saturated heterocycles. The van der Waals surface area contributed by atoms with Crippen molar-refractivity contribution in [3.63, 3.8) is 0 Å². The monoisotopic (exact) mass is 820 g/mol. The number of aromatic nitrogens is 1. The minimum Gasteiger partial charge on any atom is -0.311 e. The summed E-state index contributed by atoms with van der Waals surface area (Å²) in [5.41, 5.74) is 17.2. The van der Waals surface area contributed by atoms with Crippen molar-refractivity contribution in [2.45, 2.75) is 37.5 Å². The lowest BCUT2D eigenvalue weighted by atomic mass is 9.38. The van der Waals surface area contributed by atoms with Gasteiger partial charge < -0.3 is 9.47 Å². The summed E-state index contributed by atoms with van der Waals surface area (Å²) in [5, 5.41) is 5.06.